The number of rotatable bonds is 5. The molecule has 0 fully saturated rings. The van der Waals surface area contributed by atoms with Crippen molar-refractivity contribution >= 4 is 33.4 Å². The van der Waals surface area contributed by atoms with Gasteiger partial charge in [-0.2, -0.15) is 11.8 Å². The van der Waals surface area contributed by atoms with Crippen molar-refractivity contribution < 1.29 is 0 Å². The molecule has 0 aliphatic rings. The molecule has 0 bridgehead atoms. The van der Waals surface area contributed by atoms with Gasteiger partial charge in [0.15, 0.2) is 0 Å². The molecular weight excluding hydrogens is 246 g/mol. The molecule has 0 amide bonds. The lowest BCUT2D eigenvalue weighted by atomic mass is 10.3. The van der Waals surface area contributed by atoms with Gasteiger partial charge in [-0.05, 0) is 33.8 Å². The molecule has 1 aromatic rings. The molecule has 0 unspecified atom stereocenters. The minimum absolute atomic E-state index is 1.03. The third-order valence-electron chi connectivity index (χ3n) is 1.64. The highest BCUT2D eigenvalue weighted by atomic mass is 79.9. The second-order valence-corrected chi connectivity index (χ2v) is 4.85. The lowest BCUT2D eigenvalue weighted by Gasteiger charge is -2.06. The molecule has 0 saturated heterocycles. The smallest absolute Gasteiger partial charge is 0.0484 e. The van der Waals surface area contributed by atoms with E-state index in [1.54, 1.807) is 0 Å². The zero-order valence-corrected chi connectivity index (χ0v) is 10.1. The van der Waals surface area contributed by atoms with E-state index in [-0.39, 0.29) is 0 Å². The Morgan fingerprint density at radius 1 is 1.38 bits per heavy atom. The summed E-state index contributed by atoms with van der Waals surface area (Å²) in [5.41, 5.74) is 1.18. The molecule has 0 saturated carbocycles. The first kappa shape index (κ1) is 10.9. The summed E-state index contributed by atoms with van der Waals surface area (Å²) in [6, 6.07) is 8.20. The minimum atomic E-state index is 1.03. The molecule has 0 heterocycles. The van der Waals surface area contributed by atoms with Gasteiger partial charge in [0.1, 0.15) is 0 Å². The Hall–Kier alpha value is -0.150. The average Bonchev–Trinajstić information content (AvgIpc) is 2.15. The molecule has 1 rings (SSSR count). The molecule has 13 heavy (non-hydrogen) atoms. The number of halogens is 1. The number of benzene rings is 1. The fraction of sp³-hybridized carbons (Fsp3) is 0.400. The lowest BCUT2D eigenvalue weighted by molar-refractivity contribution is 1.22. The lowest BCUT2D eigenvalue weighted by Crippen LogP contribution is -2.04. The Labute approximate surface area is 92.4 Å². The summed E-state index contributed by atoms with van der Waals surface area (Å²) in [5.74, 6) is 2.36. The maximum absolute atomic E-state index is 3.50. The summed E-state index contributed by atoms with van der Waals surface area (Å²) >= 11 is 5.45. The predicted octanol–water partition coefficient (Wildman–Crippen LogP) is 3.61. The summed E-state index contributed by atoms with van der Waals surface area (Å²) in [6.07, 6.45) is 0. The van der Waals surface area contributed by atoms with Gasteiger partial charge in [-0.1, -0.05) is 19.1 Å². The van der Waals surface area contributed by atoms with Crippen LogP contribution in [0.3, 0.4) is 0 Å². The number of hydrogen-bond donors (Lipinski definition) is 1. The van der Waals surface area contributed by atoms with E-state index >= 15 is 0 Å². The molecule has 0 radical (unpaired) electrons. The SMILES string of the molecule is CCSCCNc1ccccc1Br. The van der Waals surface area contributed by atoms with Crippen molar-refractivity contribution in [2.45, 2.75) is 6.92 Å². The number of thioether (sulfide) groups is 1. The Bertz CT molecular complexity index is 252. The molecule has 0 spiro atoms. The van der Waals surface area contributed by atoms with E-state index in [1.807, 2.05) is 23.9 Å². The first-order valence-electron chi connectivity index (χ1n) is 4.40. The Morgan fingerprint density at radius 3 is 2.85 bits per heavy atom. The first-order valence-corrected chi connectivity index (χ1v) is 6.35. The van der Waals surface area contributed by atoms with Gasteiger partial charge in [-0.15, -0.1) is 0 Å². The van der Waals surface area contributed by atoms with Crippen molar-refractivity contribution in [2.75, 3.05) is 23.4 Å². The van der Waals surface area contributed by atoms with Crippen LogP contribution >= 0.6 is 27.7 Å². The fourth-order valence-electron chi connectivity index (χ4n) is 1.01. The van der Waals surface area contributed by atoms with E-state index in [2.05, 4.69) is 40.3 Å². The van der Waals surface area contributed by atoms with Crippen LogP contribution in [0.5, 0.6) is 0 Å². The first-order chi connectivity index (χ1) is 6.34. The van der Waals surface area contributed by atoms with Crippen LogP contribution < -0.4 is 5.32 Å². The zero-order valence-electron chi connectivity index (χ0n) is 7.72. The van der Waals surface area contributed by atoms with Gasteiger partial charge >= 0.3 is 0 Å². The third-order valence-corrected chi connectivity index (χ3v) is 3.23. The molecule has 1 N–H and O–H groups in total. The summed E-state index contributed by atoms with van der Waals surface area (Å²) in [4.78, 5) is 0. The van der Waals surface area contributed by atoms with Crippen LogP contribution in [0.4, 0.5) is 5.69 Å². The van der Waals surface area contributed by atoms with E-state index in [0.717, 1.165) is 16.8 Å². The van der Waals surface area contributed by atoms with Gasteiger partial charge in [-0.25, -0.2) is 0 Å². The van der Waals surface area contributed by atoms with Crippen LogP contribution in [0.25, 0.3) is 0 Å². The van der Waals surface area contributed by atoms with Crippen LogP contribution in [0.1, 0.15) is 6.92 Å². The summed E-state index contributed by atoms with van der Waals surface area (Å²) in [7, 11) is 0. The summed E-state index contributed by atoms with van der Waals surface area (Å²) < 4.78 is 1.14. The quantitative estimate of drug-likeness (QED) is 0.811. The normalized spacial score (nSPS) is 10.0. The number of hydrogen-bond acceptors (Lipinski definition) is 2. The van der Waals surface area contributed by atoms with Crippen molar-refractivity contribution in [1.29, 1.82) is 0 Å². The zero-order chi connectivity index (χ0) is 9.52. The van der Waals surface area contributed by atoms with Crippen molar-refractivity contribution in [3.8, 4) is 0 Å². The van der Waals surface area contributed by atoms with E-state index in [0.29, 0.717) is 0 Å². The van der Waals surface area contributed by atoms with Crippen LogP contribution in [0.15, 0.2) is 28.7 Å². The van der Waals surface area contributed by atoms with Gasteiger partial charge < -0.3 is 5.32 Å². The van der Waals surface area contributed by atoms with Gasteiger partial charge in [0.2, 0.25) is 0 Å². The van der Waals surface area contributed by atoms with E-state index in [9.17, 15) is 0 Å². The van der Waals surface area contributed by atoms with Crippen LogP contribution in [0.2, 0.25) is 0 Å². The van der Waals surface area contributed by atoms with E-state index in [1.165, 1.54) is 11.4 Å². The molecule has 72 valence electrons. The number of nitrogens with one attached hydrogen (secondary N) is 1. The summed E-state index contributed by atoms with van der Waals surface area (Å²) in [5, 5.41) is 3.38. The fourth-order valence-corrected chi connectivity index (χ4v) is 1.97. The van der Waals surface area contributed by atoms with Crippen LogP contribution in [-0.2, 0) is 0 Å². The Morgan fingerprint density at radius 2 is 2.15 bits per heavy atom. The largest absolute Gasteiger partial charge is 0.383 e. The standard InChI is InChI=1S/C10H14BrNS/c1-2-13-8-7-12-10-6-4-3-5-9(10)11/h3-6,12H,2,7-8H2,1H3. The van der Waals surface area contributed by atoms with E-state index in [4.69, 9.17) is 0 Å². The Balaban J connectivity index is 2.32. The average molecular weight is 260 g/mol. The van der Waals surface area contributed by atoms with Crippen LogP contribution in [-0.4, -0.2) is 18.1 Å². The number of para-hydroxylation sites is 1. The minimum Gasteiger partial charge on any atom is -0.383 e. The van der Waals surface area contributed by atoms with Crippen molar-refractivity contribution in [3.05, 3.63) is 28.7 Å². The van der Waals surface area contributed by atoms with Crippen molar-refractivity contribution in [2.24, 2.45) is 0 Å². The van der Waals surface area contributed by atoms with Crippen molar-refractivity contribution in [3.63, 3.8) is 0 Å². The molecule has 1 nitrogen and oxygen atoms in total. The molecular formula is C10H14BrNS. The molecule has 0 aliphatic carbocycles. The second-order valence-electron chi connectivity index (χ2n) is 2.60. The molecule has 0 atom stereocenters. The van der Waals surface area contributed by atoms with Crippen LogP contribution in [0, 0.1) is 0 Å². The van der Waals surface area contributed by atoms with Gasteiger partial charge in [0, 0.05) is 22.5 Å². The third kappa shape index (κ3) is 4.05. The maximum atomic E-state index is 3.50. The highest BCUT2D eigenvalue weighted by Crippen LogP contribution is 2.20. The van der Waals surface area contributed by atoms with E-state index < -0.39 is 0 Å². The molecule has 1 aromatic carbocycles. The highest BCUT2D eigenvalue weighted by molar-refractivity contribution is 9.10. The highest BCUT2D eigenvalue weighted by Gasteiger charge is 1.95. The number of anilines is 1. The predicted molar refractivity (Wildman–Crippen MR) is 65.6 cm³/mol. The summed E-state index contributed by atoms with van der Waals surface area (Å²) in [6.45, 7) is 3.21. The topological polar surface area (TPSA) is 12.0 Å². The molecule has 0 aromatic heterocycles. The van der Waals surface area contributed by atoms with Gasteiger partial charge in [0.25, 0.3) is 0 Å². The Kier molecular flexibility index (Phi) is 5.32. The van der Waals surface area contributed by atoms with Gasteiger partial charge in [0.05, 0.1) is 0 Å². The molecule has 0 aliphatic heterocycles. The van der Waals surface area contributed by atoms with Gasteiger partial charge in [-0.3, -0.25) is 0 Å². The molecule has 3 heteroatoms. The van der Waals surface area contributed by atoms with Crippen molar-refractivity contribution in [1.82, 2.24) is 0 Å². The monoisotopic (exact) mass is 259 g/mol. The second kappa shape index (κ2) is 6.33. The maximum Gasteiger partial charge on any atom is 0.0484 e.